The molecule has 0 aliphatic rings. The molecule has 4 nitrogen and oxygen atoms in total. The Bertz CT molecular complexity index is 175. The first kappa shape index (κ1) is 9.81. The van der Waals surface area contributed by atoms with Crippen molar-refractivity contribution in [2.45, 2.75) is 26.7 Å². The summed E-state index contributed by atoms with van der Waals surface area (Å²) in [7, 11) is 0. The van der Waals surface area contributed by atoms with Crippen LogP contribution in [-0.2, 0) is 14.4 Å². The van der Waals surface area contributed by atoms with E-state index in [4.69, 9.17) is 0 Å². The number of aldehydes is 1. The van der Waals surface area contributed by atoms with E-state index in [0.717, 1.165) is 0 Å². The fourth-order valence-corrected chi connectivity index (χ4v) is 0.351. The molecule has 0 bridgehead atoms. The molecule has 0 rings (SSSR count). The highest BCUT2D eigenvalue weighted by Crippen LogP contribution is 1.88. The van der Waals surface area contributed by atoms with Gasteiger partial charge >= 0.3 is 5.97 Å². The number of nitrogens with zero attached hydrogens (tertiary/aromatic N) is 1. The van der Waals surface area contributed by atoms with Crippen LogP contribution in [0.5, 0.6) is 0 Å². The molecular weight excluding hydrogens is 146 g/mol. The fraction of sp³-hybridized carbons (Fsp3) is 0.571. The molecule has 62 valence electrons. The van der Waals surface area contributed by atoms with Crippen molar-refractivity contribution in [1.82, 2.24) is 0 Å². The van der Waals surface area contributed by atoms with Crippen LogP contribution in [0.25, 0.3) is 0 Å². The number of rotatable bonds is 4. The average Bonchev–Trinajstić information content (AvgIpc) is 2.01. The molecule has 0 saturated carbocycles. The highest BCUT2D eigenvalue weighted by atomic mass is 16.7. The largest absolute Gasteiger partial charge is 0.334 e. The second-order valence-electron chi connectivity index (χ2n) is 2.01. The molecule has 0 aliphatic carbocycles. The molecule has 4 heteroatoms. The quantitative estimate of drug-likeness (QED) is 0.264. The topological polar surface area (TPSA) is 55.7 Å². The maximum atomic E-state index is 10.5. The molecule has 0 heterocycles. The van der Waals surface area contributed by atoms with Crippen molar-refractivity contribution in [2.75, 3.05) is 0 Å². The minimum absolute atomic E-state index is 0.205. The van der Waals surface area contributed by atoms with Crippen LogP contribution in [0.1, 0.15) is 26.7 Å². The molecule has 0 fully saturated rings. The Morgan fingerprint density at radius 2 is 2.27 bits per heavy atom. The van der Waals surface area contributed by atoms with Gasteiger partial charge in [-0.2, -0.15) is 0 Å². The van der Waals surface area contributed by atoms with Gasteiger partial charge in [-0.1, -0.05) is 12.1 Å². The average molecular weight is 157 g/mol. The van der Waals surface area contributed by atoms with Crippen LogP contribution >= 0.6 is 0 Å². The number of oxime groups is 1. The van der Waals surface area contributed by atoms with Gasteiger partial charge < -0.3 is 9.63 Å². The van der Waals surface area contributed by atoms with Gasteiger partial charge in [0.2, 0.25) is 0 Å². The van der Waals surface area contributed by atoms with Crippen molar-refractivity contribution in [3.8, 4) is 0 Å². The van der Waals surface area contributed by atoms with E-state index in [9.17, 15) is 9.59 Å². The summed E-state index contributed by atoms with van der Waals surface area (Å²) in [5.41, 5.74) is 0.502. The zero-order valence-electron chi connectivity index (χ0n) is 6.66. The maximum Gasteiger partial charge on any atom is 0.334 e. The lowest BCUT2D eigenvalue weighted by Gasteiger charge is -1.93. The molecule has 0 aromatic heterocycles. The van der Waals surface area contributed by atoms with Crippen LogP contribution in [0.2, 0.25) is 0 Å². The van der Waals surface area contributed by atoms with Gasteiger partial charge in [-0.05, 0) is 6.92 Å². The molecule has 0 atom stereocenters. The van der Waals surface area contributed by atoms with Crippen molar-refractivity contribution in [3.63, 3.8) is 0 Å². The zero-order valence-corrected chi connectivity index (χ0v) is 6.66. The van der Waals surface area contributed by atoms with Crippen LogP contribution in [-0.4, -0.2) is 18.0 Å². The Kier molecular flexibility index (Phi) is 4.98. The van der Waals surface area contributed by atoms with E-state index < -0.39 is 5.97 Å². The molecule has 0 aliphatic heterocycles. The summed E-state index contributed by atoms with van der Waals surface area (Å²) < 4.78 is 0. The number of carbonyl (C=O) groups is 2. The highest BCUT2D eigenvalue weighted by Gasteiger charge is 1.96. The summed E-state index contributed by atoms with van der Waals surface area (Å²) in [6.45, 7) is 3.30. The predicted octanol–water partition coefficient (Wildman–Crippen LogP) is 0.905. The van der Waals surface area contributed by atoms with E-state index in [1.807, 2.05) is 0 Å². The van der Waals surface area contributed by atoms with E-state index in [1.54, 1.807) is 13.8 Å². The van der Waals surface area contributed by atoms with Gasteiger partial charge in [0.15, 0.2) is 0 Å². The zero-order chi connectivity index (χ0) is 8.69. The molecule has 0 saturated heterocycles. The third kappa shape index (κ3) is 5.26. The molecular formula is C7H11NO3. The maximum absolute atomic E-state index is 10.5. The van der Waals surface area contributed by atoms with Gasteiger partial charge in [-0.3, -0.25) is 0 Å². The van der Waals surface area contributed by atoms with Gasteiger partial charge in [0, 0.05) is 12.8 Å². The molecule has 11 heavy (non-hydrogen) atoms. The molecule has 0 aromatic carbocycles. The van der Waals surface area contributed by atoms with Gasteiger partial charge in [0.1, 0.15) is 6.29 Å². The molecule has 0 radical (unpaired) electrons. The van der Waals surface area contributed by atoms with Crippen LogP contribution in [0.4, 0.5) is 0 Å². The molecule has 0 spiro atoms. The van der Waals surface area contributed by atoms with E-state index in [1.165, 1.54) is 0 Å². The first-order valence-corrected chi connectivity index (χ1v) is 3.37. The van der Waals surface area contributed by atoms with E-state index in [2.05, 4.69) is 9.99 Å². The SMILES string of the molecule is CCC(=O)ON=C(C)CC=O. The van der Waals surface area contributed by atoms with Gasteiger partial charge in [0.25, 0.3) is 0 Å². The Hall–Kier alpha value is -1.19. The smallest absolute Gasteiger partial charge is 0.318 e. The molecule has 0 aromatic rings. The van der Waals surface area contributed by atoms with Crippen molar-refractivity contribution in [2.24, 2.45) is 5.16 Å². The standard InChI is InChI=1S/C7H11NO3/c1-3-7(10)11-8-6(2)4-5-9/h5H,3-4H2,1-2H3. The second-order valence-corrected chi connectivity index (χ2v) is 2.01. The van der Waals surface area contributed by atoms with Crippen LogP contribution in [0, 0.1) is 0 Å². The van der Waals surface area contributed by atoms with Crippen LogP contribution in [0.15, 0.2) is 5.16 Å². The third-order valence-corrected chi connectivity index (χ3v) is 0.971. The highest BCUT2D eigenvalue weighted by molar-refractivity contribution is 5.92. The van der Waals surface area contributed by atoms with E-state index in [0.29, 0.717) is 12.0 Å². The van der Waals surface area contributed by atoms with Crippen molar-refractivity contribution < 1.29 is 14.4 Å². The fourth-order valence-electron chi connectivity index (χ4n) is 0.351. The van der Waals surface area contributed by atoms with Gasteiger partial charge in [-0.15, -0.1) is 0 Å². The number of carbonyl (C=O) groups excluding carboxylic acids is 2. The monoisotopic (exact) mass is 157 g/mol. The Morgan fingerprint density at radius 3 is 2.73 bits per heavy atom. The van der Waals surface area contributed by atoms with Crippen molar-refractivity contribution in [3.05, 3.63) is 0 Å². The Labute approximate surface area is 65.2 Å². The minimum atomic E-state index is -0.393. The number of hydrogen-bond acceptors (Lipinski definition) is 4. The van der Waals surface area contributed by atoms with Crippen LogP contribution < -0.4 is 0 Å². The predicted molar refractivity (Wildman–Crippen MR) is 40.2 cm³/mol. The lowest BCUT2D eigenvalue weighted by Crippen LogP contribution is -2.00. The first-order chi connectivity index (χ1) is 5.20. The minimum Gasteiger partial charge on any atom is -0.318 e. The summed E-state index contributed by atoms with van der Waals surface area (Å²) >= 11 is 0. The normalized spacial score (nSPS) is 10.9. The summed E-state index contributed by atoms with van der Waals surface area (Å²) in [5, 5.41) is 3.42. The molecule has 0 amide bonds. The Morgan fingerprint density at radius 1 is 1.64 bits per heavy atom. The van der Waals surface area contributed by atoms with E-state index in [-0.39, 0.29) is 12.8 Å². The lowest BCUT2D eigenvalue weighted by molar-refractivity contribution is -0.143. The van der Waals surface area contributed by atoms with E-state index >= 15 is 0 Å². The summed E-state index contributed by atoms with van der Waals surface area (Å²) in [6, 6.07) is 0. The van der Waals surface area contributed by atoms with Crippen LogP contribution in [0.3, 0.4) is 0 Å². The van der Waals surface area contributed by atoms with Gasteiger partial charge in [-0.25, -0.2) is 4.79 Å². The summed E-state index contributed by atoms with van der Waals surface area (Å²) in [5.74, 6) is -0.393. The summed E-state index contributed by atoms with van der Waals surface area (Å²) in [6.07, 6.45) is 1.20. The van der Waals surface area contributed by atoms with Crippen molar-refractivity contribution in [1.29, 1.82) is 0 Å². The van der Waals surface area contributed by atoms with Crippen molar-refractivity contribution >= 4 is 18.0 Å². The molecule has 0 N–H and O–H groups in total. The Balaban J connectivity index is 3.71. The number of hydrogen-bond donors (Lipinski definition) is 0. The second kappa shape index (κ2) is 5.58. The summed E-state index contributed by atoms with van der Waals surface area (Å²) in [4.78, 5) is 24.8. The third-order valence-electron chi connectivity index (χ3n) is 0.971. The van der Waals surface area contributed by atoms with Gasteiger partial charge in [0.05, 0.1) is 5.71 Å². The molecule has 0 unspecified atom stereocenters. The first-order valence-electron chi connectivity index (χ1n) is 3.37. The lowest BCUT2D eigenvalue weighted by atomic mass is 10.3.